The molecule has 0 amide bonds. The van der Waals surface area contributed by atoms with Crippen molar-refractivity contribution < 1.29 is 23.7 Å². The fourth-order valence-corrected chi connectivity index (χ4v) is 5.32. The van der Waals surface area contributed by atoms with E-state index in [0.29, 0.717) is 32.8 Å². The van der Waals surface area contributed by atoms with E-state index in [1.165, 1.54) is 19.3 Å². The number of benzene rings is 3. The predicted octanol–water partition coefficient (Wildman–Crippen LogP) is 6.84. The molecular formula is C33H40O5. The molecule has 1 heterocycles. The monoisotopic (exact) mass is 516 g/mol. The Morgan fingerprint density at radius 1 is 0.632 bits per heavy atom. The van der Waals surface area contributed by atoms with Gasteiger partial charge in [0.2, 0.25) is 0 Å². The van der Waals surface area contributed by atoms with Gasteiger partial charge in [-0.25, -0.2) is 0 Å². The van der Waals surface area contributed by atoms with Crippen LogP contribution in [0.3, 0.4) is 0 Å². The standard InChI is InChI=1S/C33H40O5/c1-5-13-26(14-6-1)22-34-25-31-33(36-24-28-17-9-3-10-18-28)30(35-23-27-15-7-2-8-16-27)21-32(38-31)37-29-19-11-4-12-20-29/h1-3,5-10,13-18,29-33H,4,11-12,19-25H2/t30-,31-,32?,33+/m1/s1. The third-order valence-corrected chi connectivity index (χ3v) is 7.37. The van der Waals surface area contributed by atoms with Crippen LogP contribution in [0.5, 0.6) is 0 Å². The molecule has 0 radical (unpaired) electrons. The molecule has 38 heavy (non-hydrogen) atoms. The highest BCUT2D eigenvalue weighted by Gasteiger charge is 2.42. The third-order valence-electron chi connectivity index (χ3n) is 7.37. The van der Waals surface area contributed by atoms with Gasteiger partial charge in [-0.1, -0.05) is 110 Å². The van der Waals surface area contributed by atoms with Gasteiger partial charge >= 0.3 is 0 Å². The zero-order valence-corrected chi connectivity index (χ0v) is 22.2. The highest BCUT2D eigenvalue weighted by molar-refractivity contribution is 5.15. The lowest BCUT2D eigenvalue weighted by molar-refractivity contribution is -0.289. The van der Waals surface area contributed by atoms with Gasteiger partial charge < -0.3 is 23.7 Å². The first-order chi connectivity index (χ1) is 18.8. The van der Waals surface area contributed by atoms with E-state index in [4.69, 9.17) is 23.7 Å². The lowest BCUT2D eigenvalue weighted by Crippen LogP contribution is -2.53. The van der Waals surface area contributed by atoms with E-state index in [2.05, 4.69) is 36.4 Å². The summed E-state index contributed by atoms with van der Waals surface area (Å²) in [6, 6.07) is 30.8. The van der Waals surface area contributed by atoms with Crippen LogP contribution in [0.4, 0.5) is 0 Å². The Hall–Kier alpha value is -2.54. The Labute approximate surface area is 227 Å². The Morgan fingerprint density at radius 3 is 1.79 bits per heavy atom. The summed E-state index contributed by atoms with van der Waals surface area (Å²) in [6.45, 7) is 1.94. The number of rotatable bonds is 12. The maximum Gasteiger partial charge on any atom is 0.161 e. The van der Waals surface area contributed by atoms with E-state index < -0.39 is 0 Å². The molecule has 1 saturated heterocycles. The second-order valence-corrected chi connectivity index (χ2v) is 10.3. The lowest BCUT2D eigenvalue weighted by atomic mass is 9.97. The van der Waals surface area contributed by atoms with Gasteiger partial charge in [0.05, 0.1) is 38.6 Å². The minimum absolute atomic E-state index is 0.174. The molecule has 3 aromatic rings. The van der Waals surface area contributed by atoms with E-state index in [9.17, 15) is 0 Å². The van der Waals surface area contributed by atoms with Crippen molar-refractivity contribution in [3.63, 3.8) is 0 Å². The summed E-state index contributed by atoms with van der Waals surface area (Å²) in [7, 11) is 0. The van der Waals surface area contributed by atoms with Crippen LogP contribution in [0.15, 0.2) is 91.0 Å². The molecule has 5 rings (SSSR count). The van der Waals surface area contributed by atoms with Gasteiger partial charge in [0.25, 0.3) is 0 Å². The molecule has 0 N–H and O–H groups in total. The van der Waals surface area contributed by atoms with Gasteiger partial charge in [0, 0.05) is 6.42 Å². The largest absolute Gasteiger partial charge is 0.374 e. The second-order valence-electron chi connectivity index (χ2n) is 10.3. The van der Waals surface area contributed by atoms with E-state index in [1.54, 1.807) is 0 Å². The van der Waals surface area contributed by atoms with E-state index >= 15 is 0 Å². The van der Waals surface area contributed by atoms with Gasteiger partial charge in [-0.05, 0) is 29.5 Å². The highest BCUT2D eigenvalue weighted by Crippen LogP contribution is 2.31. The average Bonchev–Trinajstić information content (AvgIpc) is 2.98. The quantitative estimate of drug-likeness (QED) is 0.264. The first-order valence-corrected chi connectivity index (χ1v) is 14.1. The maximum atomic E-state index is 6.56. The third kappa shape index (κ3) is 8.23. The first-order valence-electron chi connectivity index (χ1n) is 14.1. The van der Waals surface area contributed by atoms with Crippen LogP contribution in [0.25, 0.3) is 0 Å². The molecule has 0 spiro atoms. The van der Waals surface area contributed by atoms with Crippen LogP contribution in [-0.2, 0) is 43.5 Å². The first kappa shape index (κ1) is 27.0. The number of hydrogen-bond donors (Lipinski definition) is 0. The predicted molar refractivity (Wildman–Crippen MR) is 147 cm³/mol. The Bertz CT molecular complexity index is 1040. The molecule has 1 saturated carbocycles. The summed E-state index contributed by atoms with van der Waals surface area (Å²) in [4.78, 5) is 0. The number of hydrogen-bond acceptors (Lipinski definition) is 5. The van der Waals surface area contributed by atoms with Crippen molar-refractivity contribution >= 4 is 0 Å². The van der Waals surface area contributed by atoms with Crippen LogP contribution < -0.4 is 0 Å². The summed E-state index contributed by atoms with van der Waals surface area (Å²) in [5.74, 6) is 0. The highest BCUT2D eigenvalue weighted by atomic mass is 16.7. The normalized spacial score (nSPS) is 24.3. The van der Waals surface area contributed by atoms with Crippen molar-refractivity contribution in [3.8, 4) is 0 Å². The molecule has 1 aliphatic carbocycles. The number of ether oxygens (including phenoxy) is 5. The molecule has 1 unspecified atom stereocenters. The topological polar surface area (TPSA) is 46.2 Å². The zero-order valence-electron chi connectivity index (χ0n) is 22.2. The van der Waals surface area contributed by atoms with Gasteiger partial charge in [-0.3, -0.25) is 0 Å². The van der Waals surface area contributed by atoms with Crippen LogP contribution in [-0.4, -0.2) is 37.3 Å². The Balaban J connectivity index is 1.30. The van der Waals surface area contributed by atoms with Crippen LogP contribution in [0, 0.1) is 0 Å². The zero-order chi connectivity index (χ0) is 25.8. The fourth-order valence-electron chi connectivity index (χ4n) is 5.32. The Morgan fingerprint density at radius 2 is 1.18 bits per heavy atom. The molecule has 2 fully saturated rings. The molecule has 2 aliphatic rings. The van der Waals surface area contributed by atoms with Gasteiger partial charge in [-0.15, -0.1) is 0 Å². The molecule has 4 atom stereocenters. The van der Waals surface area contributed by atoms with Crippen molar-refractivity contribution in [2.75, 3.05) is 6.61 Å². The summed E-state index contributed by atoms with van der Waals surface area (Å²) in [6.07, 6.45) is 5.72. The maximum absolute atomic E-state index is 6.56. The minimum Gasteiger partial charge on any atom is -0.374 e. The molecule has 1 aliphatic heterocycles. The molecule has 0 bridgehead atoms. The van der Waals surface area contributed by atoms with Crippen LogP contribution in [0.2, 0.25) is 0 Å². The Kier molecular flexibility index (Phi) is 10.4. The van der Waals surface area contributed by atoms with Crippen molar-refractivity contribution in [1.82, 2.24) is 0 Å². The molecule has 0 aromatic heterocycles. The van der Waals surface area contributed by atoms with Crippen molar-refractivity contribution in [2.45, 2.75) is 89.1 Å². The smallest absolute Gasteiger partial charge is 0.161 e. The summed E-state index contributed by atoms with van der Waals surface area (Å²) >= 11 is 0. The van der Waals surface area contributed by atoms with Gasteiger partial charge in [0.15, 0.2) is 6.29 Å². The van der Waals surface area contributed by atoms with Crippen molar-refractivity contribution in [3.05, 3.63) is 108 Å². The summed E-state index contributed by atoms with van der Waals surface area (Å²) in [5.41, 5.74) is 3.40. The van der Waals surface area contributed by atoms with Crippen LogP contribution in [0.1, 0.15) is 55.2 Å². The van der Waals surface area contributed by atoms with Crippen molar-refractivity contribution in [1.29, 1.82) is 0 Å². The molecule has 202 valence electrons. The molecule has 5 nitrogen and oxygen atoms in total. The second kappa shape index (κ2) is 14.6. The summed E-state index contributed by atoms with van der Waals surface area (Å²) in [5, 5.41) is 0. The molecule has 3 aromatic carbocycles. The SMILES string of the molecule is c1ccc(COC[C@H]2OC(OC3CCCCC3)C[C@@H](OCc3ccccc3)[C@@H]2OCc2ccccc2)cc1. The van der Waals surface area contributed by atoms with Crippen molar-refractivity contribution in [2.24, 2.45) is 0 Å². The fraction of sp³-hybridized carbons (Fsp3) is 0.455. The van der Waals surface area contributed by atoms with Gasteiger partial charge in [-0.2, -0.15) is 0 Å². The summed E-state index contributed by atoms with van der Waals surface area (Å²) < 4.78 is 32.3. The minimum atomic E-state index is -0.333. The van der Waals surface area contributed by atoms with Gasteiger partial charge in [0.1, 0.15) is 12.2 Å². The molecular weight excluding hydrogens is 476 g/mol. The van der Waals surface area contributed by atoms with Crippen LogP contribution >= 0.6 is 0 Å². The molecule has 5 heteroatoms. The van der Waals surface area contributed by atoms with E-state index in [0.717, 1.165) is 29.5 Å². The lowest BCUT2D eigenvalue weighted by Gasteiger charge is -2.42. The van der Waals surface area contributed by atoms with E-state index in [1.807, 2.05) is 54.6 Å². The van der Waals surface area contributed by atoms with E-state index in [-0.39, 0.29) is 30.7 Å². The average molecular weight is 517 g/mol.